The summed E-state index contributed by atoms with van der Waals surface area (Å²) in [4.78, 5) is 58.0. The molecule has 3 aromatic rings. The molecule has 0 radical (unpaired) electrons. The topological polar surface area (TPSA) is 135 Å². The maximum Gasteiger partial charge on any atom is 0.415 e. The fraction of sp³-hybridized carbons (Fsp3) is 0.576. The first-order valence-corrected chi connectivity index (χ1v) is 16.2. The molecule has 2 bridgehead atoms. The molecule has 3 saturated heterocycles. The number of hydrogen-bond donors (Lipinski definition) is 1. The lowest BCUT2D eigenvalue weighted by atomic mass is 9.86. The van der Waals surface area contributed by atoms with E-state index in [0.29, 0.717) is 42.5 Å². The minimum absolute atomic E-state index is 0.0183. The maximum atomic E-state index is 13.1. The van der Waals surface area contributed by atoms with Crippen LogP contribution < -0.4 is 10.2 Å². The van der Waals surface area contributed by atoms with Crippen molar-refractivity contribution in [2.24, 2.45) is 0 Å². The maximum absolute atomic E-state index is 13.1. The zero-order valence-electron chi connectivity index (χ0n) is 27.2. The molecule has 13 heteroatoms. The molecule has 1 aliphatic carbocycles. The number of pyridine rings is 1. The van der Waals surface area contributed by atoms with Crippen LogP contribution in [0.2, 0.25) is 0 Å². The molecule has 3 amide bonds. The van der Waals surface area contributed by atoms with Crippen molar-refractivity contribution < 1.29 is 23.9 Å². The Morgan fingerprint density at radius 2 is 1.74 bits per heavy atom. The first kappa shape index (κ1) is 30.2. The van der Waals surface area contributed by atoms with Crippen LogP contribution in [0.3, 0.4) is 0 Å². The van der Waals surface area contributed by atoms with Gasteiger partial charge in [0.15, 0.2) is 0 Å². The normalized spacial score (nSPS) is 24.6. The van der Waals surface area contributed by atoms with Crippen LogP contribution in [0.25, 0.3) is 11.0 Å². The van der Waals surface area contributed by atoms with Crippen molar-refractivity contribution in [1.82, 2.24) is 29.3 Å². The van der Waals surface area contributed by atoms with Crippen LogP contribution in [0.5, 0.6) is 0 Å². The van der Waals surface area contributed by atoms with E-state index in [2.05, 4.69) is 19.9 Å². The van der Waals surface area contributed by atoms with Gasteiger partial charge in [-0.3, -0.25) is 9.69 Å². The monoisotopic (exact) mass is 630 g/mol. The molecule has 1 saturated carbocycles. The van der Waals surface area contributed by atoms with Crippen LogP contribution in [-0.4, -0.2) is 91.3 Å². The summed E-state index contributed by atoms with van der Waals surface area (Å²) in [6, 6.07) is 5.67. The van der Waals surface area contributed by atoms with E-state index < -0.39 is 17.3 Å². The largest absolute Gasteiger partial charge is 0.444 e. The van der Waals surface area contributed by atoms with Crippen molar-refractivity contribution >= 4 is 46.6 Å². The van der Waals surface area contributed by atoms with E-state index in [1.54, 1.807) is 42.4 Å². The van der Waals surface area contributed by atoms with Gasteiger partial charge in [-0.05, 0) is 64.7 Å². The van der Waals surface area contributed by atoms with Gasteiger partial charge in [0, 0.05) is 56.6 Å². The smallest absolute Gasteiger partial charge is 0.415 e. The zero-order valence-corrected chi connectivity index (χ0v) is 27.2. The summed E-state index contributed by atoms with van der Waals surface area (Å²) in [5.41, 5.74) is 0.768. The molecule has 1 N–H and O–H groups in total. The average Bonchev–Trinajstić information content (AvgIpc) is 3.77. The quantitative estimate of drug-likeness (QED) is 0.380. The molecule has 1 spiro atoms. The molecule has 0 aromatic carbocycles. The van der Waals surface area contributed by atoms with Crippen LogP contribution in [0.4, 0.5) is 27.0 Å². The van der Waals surface area contributed by atoms with Gasteiger partial charge in [-0.1, -0.05) is 12.8 Å². The number of carbonyl (C=O) groups is 3. The molecule has 4 aliphatic rings. The molecule has 7 rings (SSSR count). The van der Waals surface area contributed by atoms with E-state index in [1.165, 1.54) is 0 Å². The van der Waals surface area contributed by atoms with Gasteiger partial charge in [0.05, 0.1) is 18.4 Å². The summed E-state index contributed by atoms with van der Waals surface area (Å²) in [6.45, 7) is 6.02. The van der Waals surface area contributed by atoms with E-state index in [1.807, 2.05) is 37.8 Å². The predicted molar refractivity (Wildman–Crippen MR) is 171 cm³/mol. The second-order valence-corrected chi connectivity index (χ2v) is 14.4. The molecule has 244 valence electrons. The van der Waals surface area contributed by atoms with Crippen molar-refractivity contribution in [3.63, 3.8) is 0 Å². The molecule has 2 atom stereocenters. The first-order chi connectivity index (χ1) is 21.9. The highest BCUT2D eigenvalue weighted by Crippen LogP contribution is 2.46. The summed E-state index contributed by atoms with van der Waals surface area (Å²) in [7, 11) is 3.52. The Kier molecular flexibility index (Phi) is 7.32. The lowest BCUT2D eigenvalue weighted by molar-refractivity contribution is -0.0424. The molecule has 13 nitrogen and oxygen atoms in total. The minimum atomic E-state index is -0.650. The summed E-state index contributed by atoms with van der Waals surface area (Å²) in [5.74, 6) is 0.846. The van der Waals surface area contributed by atoms with E-state index in [4.69, 9.17) is 14.5 Å². The number of nitrogens with one attached hydrogen (secondary N) is 1. The van der Waals surface area contributed by atoms with Crippen LogP contribution >= 0.6 is 0 Å². The molecular weight excluding hydrogens is 588 g/mol. The molecule has 6 heterocycles. The third kappa shape index (κ3) is 5.49. The molecular formula is C33H42N8O5. The molecule has 4 fully saturated rings. The Morgan fingerprint density at radius 1 is 1.02 bits per heavy atom. The average molecular weight is 631 g/mol. The van der Waals surface area contributed by atoms with E-state index >= 15 is 0 Å². The van der Waals surface area contributed by atoms with Crippen LogP contribution in [-0.2, 0) is 9.47 Å². The number of aromatic nitrogens is 4. The van der Waals surface area contributed by atoms with Gasteiger partial charge in [-0.25, -0.2) is 19.6 Å². The number of anilines is 3. The Hall–Kier alpha value is -4.42. The van der Waals surface area contributed by atoms with Gasteiger partial charge in [0.25, 0.3) is 5.91 Å². The number of amides is 3. The Morgan fingerprint density at radius 3 is 2.37 bits per heavy atom. The van der Waals surface area contributed by atoms with Crippen molar-refractivity contribution in [2.75, 3.05) is 30.9 Å². The van der Waals surface area contributed by atoms with E-state index in [9.17, 15) is 14.4 Å². The molecule has 3 aromatic heterocycles. The standard InChI is InChI=1S/C33H42N8O5/c1-32(2,3)45-31(44)40-22-10-11-23(40)16-33(15-22)19-39(30(43)46-33)24-12-13-26(34-18-24)36-29-35-17-20-14-25(28(42)38(4)5)41(27(20)37-29)21-8-6-7-9-21/h12-14,17-18,21-23H,6-11,15-16,19H2,1-5H3,(H,34,35,36,37). The number of hydrogen-bond acceptors (Lipinski definition) is 9. The van der Waals surface area contributed by atoms with Crippen molar-refractivity contribution in [3.05, 3.63) is 36.3 Å². The summed E-state index contributed by atoms with van der Waals surface area (Å²) < 4.78 is 13.8. The number of nitrogens with zero attached hydrogens (tertiary/aromatic N) is 7. The number of rotatable bonds is 5. The number of ether oxygens (including phenoxy) is 2. The summed E-state index contributed by atoms with van der Waals surface area (Å²) in [5, 5.41) is 4.00. The fourth-order valence-electron chi connectivity index (χ4n) is 7.68. The minimum Gasteiger partial charge on any atom is -0.444 e. The lowest BCUT2D eigenvalue weighted by Crippen LogP contribution is -2.55. The van der Waals surface area contributed by atoms with Crippen molar-refractivity contribution in [3.8, 4) is 0 Å². The van der Waals surface area contributed by atoms with E-state index in [0.717, 1.165) is 49.6 Å². The Labute approximate surface area is 268 Å². The summed E-state index contributed by atoms with van der Waals surface area (Å²) >= 11 is 0. The van der Waals surface area contributed by atoms with Crippen LogP contribution in [0, 0.1) is 0 Å². The Bertz CT molecular complexity index is 1660. The van der Waals surface area contributed by atoms with Gasteiger partial charge in [0.1, 0.15) is 28.4 Å². The van der Waals surface area contributed by atoms with Crippen LogP contribution in [0.15, 0.2) is 30.6 Å². The third-order valence-corrected chi connectivity index (χ3v) is 9.60. The van der Waals surface area contributed by atoms with Crippen LogP contribution in [0.1, 0.15) is 88.7 Å². The van der Waals surface area contributed by atoms with Gasteiger partial charge in [0.2, 0.25) is 5.95 Å². The highest BCUT2D eigenvalue weighted by Gasteiger charge is 2.57. The molecule has 2 unspecified atom stereocenters. The SMILES string of the molecule is CN(C)C(=O)c1cc2cnc(Nc3ccc(N4CC5(CC6CCC(C5)N6C(=O)OC(C)(C)C)OC4=O)cn3)nc2n1C1CCCC1. The first-order valence-electron chi connectivity index (χ1n) is 16.2. The number of fused-ring (bicyclic) bond motifs is 3. The van der Waals surface area contributed by atoms with Crippen molar-refractivity contribution in [2.45, 2.75) is 101 Å². The fourth-order valence-corrected chi connectivity index (χ4v) is 7.68. The van der Waals surface area contributed by atoms with Gasteiger partial charge >= 0.3 is 12.2 Å². The second kappa shape index (κ2) is 11.1. The van der Waals surface area contributed by atoms with Crippen molar-refractivity contribution in [1.29, 1.82) is 0 Å². The predicted octanol–water partition coefficient (Wildman–Crippen LogP) is 5.64. The zero-order chi connectivity index (χ0) is 32.4. The van der Waals surface area contributed by atoms with Gasteiger partial charge < -0.3 is 29.2 Å². The third-order valence-electron chi connectivity index (χ3n) is 9.60. The Balaban J connectivity index is 1.06. The molecule has 46 heavy (non-hydrogen) atoms. The van der Waals surface area contributed by atoms with Gasteiger partial charge in [-0.2, -0.15) is 4.98 Å². The highest BCUT2D eigenvalue weighted by molar-refractivity contribution is 5.98. The number of piperidine rings is 1. The molecule has 3 aliphatic heterocycles. The van der Waals surface area contributed by atoms with Gasteiger partial charge in [-0.15, -0.1) is 0 Å². The highest BCUT2D eigenvalue weighted by atomic mass is 16.6. The number of carbonyl (C=O) groups excluding carboxylic acids is 3. The summed E-state index contributed by atoms with van der Waals surface area (Å²) in [6.07, 6.45) is 9.87. The lowest BCUT2D eigenvalue weighted by Gasteiger charge is -2.43. The van der Waals surface area contributed by atoms with E-state index in [-0.39, 0.29) is 30.1 Å². The second-order valence-electron chi connectivity index (χ2n) is 14.4.